The Morgan fingerprint density at radius 3 is 1.43 bits per heavy atom. The fourth-order valence-corrected chi connectivity index (χ4v) is 48.2. The van der Waals surface area contributed by atoms with Gasteiger partial charge in [0.25, 0.3) is 0 Å². The van der Waals surface area contributed by atoms with Crippen molar-refractivity contribution in [2.45, 2.75) is 88.9 Å². The van der Waals surface area contributed by atoms with Gasteiger partial charge in [0, 0.05) is 0 Å². The summed E-state index contributed by atoms with van der Waals surface area (Å²) in [6.07, 6.45) is 14.7. The molecule has 0 spiro atoms. The van der Waals surface area contributed by atoms with Crippen molar-refractivity contribution in [3.8, 4) is 0 Å². The second kappa shape index (κ2) is 13.2. The molecule has 0 aromatic rings. The first-order valence-corrected chi connectivity index (χ1v) is 24.3. The van der Waals surface area contributed by atoms with Gasteiger partial charge in [-0.2, -0.15) is 0 Å². The van der Waals surface area contributed by atoms with Gasteiger partial charge in [-0.05, 0) is 0 Å². The molecule has 0 aromatic carbocycles. The zero-order valence-electron chi connectivity index (χ0n) is 14.5. The standard InChI is InChI=1S/C5H9.3C4H10S.Sn/c1-2-4-5-3-1;3*1-2-3-4-5;/h1H,2-5H2;3*5H,2-4H2,1H3;/q;;;;+3/p-3. The van der Waals surface area contributed by atoms with Crippen molar-refractivity contribution in [2.75, 3.05) is 17.3 Å². The second-order valence-electron chi connectivity index (χ2n) is 6.19. The summed E-state index contributed by atoms with van der Waals surface area (Å²) in [5, 5.41) is 0. The maximum absolute atomic E-state index is 2.53. The molecule has 1 saturated carbocycles. The Balaban J connectivity index is 2.66. The summed E-state index contributed by atoms with van der Waals surface area (Å²) in [7, 11) is 7.58. The zero-order valence-corrected chi connectivity index (χ0v) is 19.8. The number of unbranched alkanes of at least 4 members (excludes halogenated alkanes) is 3. The van der Waals surface area contributed by atoms with Crippen LogP contribution in [0.4, 0.5) is 0 Å². The van der Waals surface area contributed by atoms with E-state index in [9.17, 15) is 0 Å². The third kappa shape index (κ3) is 7.98. The molecule has 0 unspecified atom stereocenters. The van der Waals surface area contributed by atoms with Crippen molar-refractivity contribution in [1.29, 1.82) is 0 Å². The second-order valence-corrected chi connectivity index (χ2v) is 39.6. The molecule has 0 N–H and O–H groups in total. The van der Waals surface area contributed by atoms with E-state index in [0.717, 1.165) is 0 Å². The fraction of sp³-hybridized carbons (Fsp3) is 1.00. The van der Waals surface area contributed by atoms with E-state index in [2.05, 4.69) is 47.6 Å². The Labute approximate surface area is 146 Å². The summed E-state index contributed by atoms with van der Waals surface area (Å²) in [5.41, 5.74) is 0. The van der Waals surface area contributed by atoms with Gasteiger partial charge in [-0.3, -0.25) is 0 Å². The van der Waals surface area contributed by atoms with Crippen LogP contribution in [0.15, 0.2) is 0 Å². The molecule has 0 saturated heterocycles. The average molecular weight is 455 g/mol. The first-order chi connectivity index (χ1) is 10.3. The molecule has 0 aliphatic heterocycles. The van der Waals surface area contributed by atoms with Crippen LogP contribution < -0.4 is 0 Å². The Morgan fingerprint density at radius 2 is 1.10 bits per heavy atom. The third-order valence-electron chi connectivity index (χ3n) is 4.26. The van der Waals surface area contributed by atoms with Crippen LogP contribution in [0.2, 0.25) is 3.93 Å². The molecule has 1 fully saturated rings. The van der Waals surface area contributed by atoms with Crippen molar-refractivity contribution in [3.63, 3.8) is 0 Å². The van der Waals surface area contributed by atoms with Crippen LogP contribution in [0.3, 0.4) is 0 Å². The van der Waals surface area contributed by atoms with Gasteiger partial charge >= 0.3 is 147 Å². The summed E-state index contributed by atoms with van der Waals surface area (Å²) in [5.74, 6) is 4.38. The van der Waals surface area contributed by atoms with Crippen LogP contribution in [0.5, 0.6) is 0 Å². The van der Waals surface area contributed by atoms with Crippen molar-refractivity contribution >= 4 is 41.1 Å². The van der Waals surface area contributed by atoms with E-state index in [1.807, 2.05) is 0 Å². The molecule has 126 valence electrons. The van der Waals surface area contributed by atoms with Gasteiger partial charge in [0.15, 0.2) is 0 Å². The molecule has 21 heavy (non-hydrogen) atoms. The number of hydrogen-bond donors (Lipinski definition) is 0. The van der Waals surface area contributed by atoms with E-state index in [0.29, 0.717) is 0 Å². The van der Waals surface area contributed by atoms with Gasteiger partial charge in [-0.25, -0.2) is 0 Å². The summed E-state index contributed by atoms with van der Waals surface area (Å²) in [6.45, 7) is 7.05. The molecule has 4 heteroatoms. The third-order valence-corrected chi connectivity index (χ3v) is 48.0. The normalized spacial score (nSPS) is 16.7. The molecule has 0 nitrogen and oxygen atoms in total. The molecule has 0 heterocycles. The van der Waals surface area contributed by atoms with Gasteiger partial charge in [0.05, 0.1) is 0 Å². The van der Waals surface area contributed by atoms with Crippen LogP contribution in [-0.4, -0.2) is 31.5 Å². The van der Waals surface area contributed by atoms with Gasteiger partial charge in [-0.1, -0.05) is 0 Å². The average Bonchev–Trinajstić information content (AvgIpc) is 3.02. The maximum atomic E-state index is 2.53. The van der Waals surface area contributed by atoms with Crippen molar-refractivity contribution in [2.24, 2.45) is 0 Å². The molecule has 1 aliphatic rings. The van der Waals surface area contributed by atoms with E-state index < -0.39 is 14.2 Å². The van der Waals surface area contributed by atoms with Gasteiger partial charge < -0.3 is 0 Å². The summed E-state index contributed by atoms with van der Waals surface area (Å²) in [4.78, 5) is 0. The van der Waals surface area contributed by atoms with Crippen molar-refractivity contribution < 1.29 is 0 Å². The Bertz CT molecular complexity index is 216. The zero-order chi connectivity index (χ0) is 15.4. The first-order valence-electron chi connectivity index (χ1n) is 9.20. The van der Waals surface area contributed by atoms with E-state index in [1.54, 1.807) is 12.8 Å². The monoisotopic (exact) mass is 456 g/mol. The summed E-state index contributed by atoms with van der Waals surface area (Å²) in [6, 6.07) is 0. The van der Waals surface area contributed by atoms with Crippen molar-refractivity contribution in [1.82, 2.24) is 0 Å². The van der Waals surface area contributed by atoms with Crippen LogP contribution >= 0.6 is 26.8 Å². The van der Waals surface area contributed by atoms with Crippen LogP contribution in [0.25, 0.3) is 0 Å². The predicted octanol–water partition coefficient (Wildman–Crippen LogP) is 7.47. The summed E-state index contributed by atoms with van der Waals surface area (Å²) >= 11 is -2.10. The number of rotatable bonds is 13. The molecular formula is C17H36S3Sn. The quantitative estimate of drug-likeness (QED) is 0.209. The predicted molar refractivity (Wildman–Crippen MR) is 110 cm³/mol. The minimum absolute atomic E-state index is 1.17. The van der Waals surface area contributed by atoms with E-state index in [1.165, 1.54) is 72.6 Å². The molecule has 0 bridgehead atoms. The molecule has 0 radical (unpaired) electrons. The van der Waals surface area contributed by atoms with Gasteiger partial charge in [0.2, 0.25) is 0 Å². The summed E-state index contributed by atoms with van der Waals surface area (Å²) < 4.78 is 1.17. The van der Waals surface area contributed by atoms with Gasteiger partial charge in [0.1, 0.15) is 0 Å². The molecule has 0 atom stereocenters. The molecule has 1 rings (SSSR count). The van der Waals surface area contributed by atoms with E-state index in [-0.39, 0.29) is 0 Å². The molecular weight excluding hydrogens is 419 g/mol. The molecule has 0 aromatic heterocycles. The topological polar surface area (TPSA) is 0 Å². The van der Waals surface area contributed by atoms with E-state index in [4.69, 9.17) is 0 Å². The molecule has 1 aliphatic carbocycles. The Morgan fingerprint density at radius 1 is 0.714 bits per heavy atom. The minimum atomic E-state index is -2.10. The van der Waals surface area contributed by atoms with Crippen molar-refractivity contribution in [3.05, 3.63) is 0 Å². The SMILES string of the molecule is CCCC[S][Sn]([S]CCCC)([S]CCCC)[CH]1CCCC1. The van der Waals surface area contributed by atoms with Crippen LogP contribution in [0, 0.1) is 0 Å². The number of hydrogen-bond acceptors (Lipinski definition) is 3. The van der Waals surface area contributed by atoms with E-state index >= 15 is 0 Å². The van der Waals surface area contributed by atoms with Crippen LogP contribution in [-0.2, 0) is 0 Å². The Kier molecular flexibility index (Phi) is 13.1. The Hall–Kier alpha value is 1.85. The fourth-order valence-electron chi connectivity index (χ4n) is 2.83. The van der Waals surface area contributed by atoms with Gasteiger partial charge in [-0.15, -0.1) is 0 Å². The molecule has 0 amide bonds. The first kappa shape index (κ1) is 20.9. The van der Waals surface area contributed by atoms with Crippen LogP contribution in [0.1, 0.15) is 85.0 Å².